The lowest BCUT2D eigenvalue weighted by atomic mass is 10.3. The highest BCUT2D eigenvalue weighted by Gasteiger charge is 2.07. The fourth-order valence-electron chi connectivity index (χ4n) is 1.24. The van der Waals surface area contributed by atoms with Gasteiger partial charge in [0.1, 0.15) is 5.15 Å². The van der Waals surface area contributed by atoms with Crippen LogP contribution in [0, 0.1) is 0 Å². The number of hydrogen-bond donors (Lipinski definition) is 1. The van der Waals surface area contributed by atoms with E-state index in [0.717, 1.165) is 0 Å². The lowest BCUT2D eigenvalue weighted by Crippen LogP contribution is -2.01. The number of halogens is 1. The Balaban J connectivity index is 2.70. The van der Waals surface area contributed by atoms with E-state index < -0.39 is 0 Å². The van der Waals surface area contributed by atoms with Crippen LogP contribution in [-0.4, -0.2) is 21.6 Å². The van der Waals surface area contributed by atoms with Crippen LogP contribution in [0.4, 0.5) is 5.95 Å². The Hall–Kier alpha value is -1.62. The fraction of sp³-hybridized carbons (Fsp3) is 0.222. The van der Waals surface area contributed by atoms with Gasteiger partial charge in [-0.3, -0.25) is 0 Å². The molecule has 2 aromatic heterocycles. The molecule has 6 heteroatoms. The van der Waals surface area contributed by atoms with Crippen molar-refractivity contribution in [3.05, 3.63) is 17.4 Å². The Labute approximate surface area is 91.3 Å². The van der Waals surface area contributed by atoms with E-state index in [1.165, 1.54) is 6.20 Å². The van der Waals surface area contributed by atoms with E-state index in [-0.39, 0.29) is 5.95 Å². The predicted octanol–water partition coefficient (Wildman–Crippen LogP) is 1.66. The number of pyridine rings is 1. The van der Waals surface area contributed by atoms with E-state index in [1.54, 1.807) is 6.07 Å². The van der Waals surface area contributed by atoms with Crippen LogP contribution in [0.15, 0.2) is 12.3 Å². The third kappa shape index (κ3) is 1.92. The Morgan fingerprint density at radius 1 is 1.47 bits per heavy atom. The summed E-state index contributed by atoms with van der Waals surface area (Å²) in [7, 11) is 0. The second kappa shape index (κ2) is 3.86. The lowest BCUT2D eigenvalue weighted by molar-refractivity contribution is 0.331. The van der Waals surface area contributed by atoms with Crippen molar-refractivity contribution < 1.29 is 4.74 Å². The molecule has 0 radical (unpaired) electrons. The summed E-state index contributed by atoms with van der Waals surface area (Å²) in [6.07, 6.45) is 1.54. The number of nitrogen functional groups attached to an aromatic ring is 1. The maximum Gasteiger partial charge on any atom is 0.226 e. The standard InChI is InChI=1S/C9H9ClN4O/c1-2-15-8-5-3-7(10)12-4-6(5)13-9(11)14-8/h3-4H,2H2,1H3,(H2,11,13,14). The molecule has 0 unspecified atom stereocenters. The normalized spacial score (nSPS) is 10.5. The van der Waals surface area contributed by atoms with Crippen LogP contribution in [0.2, 0.25) is 5.15 Å². The van der Waals surface area contributed by atoms with Crippen molar-refractivity contribution in [1.29, 1.82) is 0 Å². The van der Waals surface area contributed by atoms with Gasteiger partial charge in [-0.05, 0) is 13.0 Å². The Morgan fingerprint density at radius 2 is 2.27 bits per heavy atom. The summed E-state index contributed by atoms with van der Waals surface area (Å²) in [5, 5.41) is 1.09. The summed E-state index contributed by atoms with van der Waals surface area (Å²) in [4.78, 5) is 11.9. The number of rotatable bonds is 2. The van der Waals surface area contributed by atoms with E-state index in [2.05, 4.69) is 15.0 Å². The minimum absolute atomic E-state index is 0.162. The van der Waals surface area contributed by atoms with Crippen molar-refractivity contribution >= 4 is 28.5 Å². The van der Waals surface area contributed by atoms with Crippen molar-refractivity contribution in [1.82, 2.24) is 15.0 Å². The molecular formula is C9H9ClN4O. The van der Waals surface area contributed by atoms with Gasteiger partial charge < -0.3 is 10.5 Å². The second-order valence-corrected chi connectivity index (χ2v) is 3.23. The number of nitrogens with zero attached hydrogens (tertiary/aromatic N) is 3. The lowest BCUT2D eigenvalue weighted by Gasteiger charge is -2.06. The number of aromatic nitrogens is 3. The summed E-state index contributed by atoms with van der Waals surface area (Å²) in [6, 6.07) is 1.65. The van der Waals surface area contributed by atoms with Crippen LogP contribution in [-0.2, 0) is 0 Å². The van der Waals surface area contributed by atoms with Gasteiger partial charge in [0, 0.05) is 0 Å². The molecule has 0 saturated carbocycles. The van der Waals surface area contributed by atoms with E-state index in [0.29, 0.717) is 28.5 Å². The average molecular weight is 225 g/mol. The van der Waals surface area contributed by atoms with Gasteiger partial charge in [0.2, 0.25) is 11.8 Å². The number of ether oxygens (including phenoxy) is 1. The number of nitrogens with two attached hydrogens (primary N) is 1. The van der Waals surface area contributed by atoms with Crippen molar-refractivity contribution in [2.45, 2.75) is 6.92 Å². The first-order valence-electron chi connectivity index (χ1n) is 4.42. The van der Waals surface area contributed by atoms with E-state index in [9.17, 15) is 0 Å². The van der Waals surface area contributed by atoms with E-state index in [4.69, 9.17) is 22.1 Å². The SMILES string of the molecule is CCOc1nc(N)nc2cnc(Cl)cc12. The van der Waals surface area contributed by atoms with Crippen LogP contribution in [0.1, 0.15) is 6.92 Å². The Bertz CT molecular complexity index is 503. The molecule has 2 rings (SSSR count). The van der Waals surface area contributed by atoms with Crippen molar-refractivity contribution in [3.63, 3.8) is 0 Å². The summed E-state index contributed by atoms with van der Waals surface area (Å²) in [6.45, 7) is 2.37. The summed E-state index contributed by atoms with van der Waals surface area (Å²) >= 11 is 5.78. The molecule has 0 amide bonds. The molecule has 0 atom stereocenters. The summed E-state index contributed by atoms with van der Waals surface area (Å²) in [5.41, 5.74) is 6.15. The average Bonchev–Trinajstić information content (AvgIpc) is 2.19. The van der Waals surface area contributed by atoms with Gasteiger partial charge >= 0.3 is 0 Å². The largest absolute Gasteiger partial charge is 0.477 e. The first-order valence-corrected chi connectivity index (χ1v) is 4.80. The van der Waals surface area contributed by atoms with Crippen molar-refractivity contribution in [3.8, 4) is 5.88 Å². The Kier molecular flexibility index (Phi) is 2.55. The molecule has 0 saturated heterocycles. The van der Waals surface area contributed by atoms with Gasteiger partial charge in [-0.2, -0.15) is 4.98 Å². The first kappa shape index (κ1) is 9.92. The zero-order chi connectivity index (χ0) is 10.8. The summed E-state index contributed by atoms with van der Waals surface area (Å²) < 4.78 is 5.34. The Morgan fingerprint density at radius 3 is 3.00 bits per heavy atom. The molecule has 0 aromatic carbocycles. The predicted molar refractivity (Wildman–Crippen MR) is 57.9 cm³/mol. The maximum absolute atomic E-state index is 5.78. The van der Waals surface area contributed by atoms with Crippen molar-refractivity contribution in [2.24, 2.45) is 0 Å². The molecule has 15 heavy (non-hydrogen) atoms. The molecule has 2 aromatic rings. The molecule has 5 nitrogen and oxygen atoms in total. The zero-order valence-corrected chi connectivity index (χ0v) is 8.82. The van der Waals surface area contributed by atoms with Gasteiger partial charge in [0.05, 0.1) is 23.7 Å². The highest BCUT2D eigenvalue weighted by Crippen LogP contribution is 2.24. The highest BCUT2D eigenvalue weighted by molar-refractivity contribution is 6.30. The van der Waals surface area contributed by atoms with E-state index in [1.807, 2.05) is 6.92 Å². The van der Waals surface area contributed by atoms with Gasteiger partial charge in [-0.15, -0.1) is 0 Å². The highest BCUT2D eigenvalue weighted by atomic mass is 35.5. The topological polar surface area (TPSA) is 73.9 Å². The van der Waals surface area contributed by atoms with Crippen LogP contribution in [0.3, 0.4) is 0 Å². The maximum atomic E-state index is 5.78. The molecule has 0 aliphatic rings. The minimum Gasteiger partial charge on any atom is -0.477 e. The molecule has 0 aliphatic carbocycles. The van der Waals surface area contributed by atoms with Gasteiger partial charge in [0.15, 0.2) is 0 Å². The molecule has 0 bridgehead atoms. The molecule has 78 valence electrons. The van der Waals surface area contributed by atoms with Crippen molar-refractivity contribution in [2.75, 3.05) is 12.3 Å². The quantitative estimate of drug-likeness (QED) is 0.786. The molecule has 0 fully saturated rings. The molecule has 0 aliphatic heterocycles. The van der Waals surface area contributed by atoms with Crippen LogP contribution < -0.4 is 10.5 Å². The molecule has 2 N–H and O–H groups in total. The zero-order valence-electron chi connectivity index (χ0n) is 8.07. The molecular weight excluding hydrogens is 216 g/mol. The number of hydrogen-bond acceptors (Lipinski definition) is 5. The summed E-state index contributed by atoms with van der Waals surface area (Å²) in [5.74, 6) is 0.597. The second-order valence-electron chi connectivity index (χ2n) is 2.84. The first-order chi connectivity index (χ1) is 7.20. The smallest absolute Gasteiger partial charge is 0.226 e. The third-order valence-electron chi connectivity index (χ3n) is 1.81. The van der Waals surface area contributed by atoms with E-state index >= 15 is 0 Å². The number of anilines is 1. The number of fused-ring (bicyclic) bond motifs is 1. The molecule has 0 spiro atoms. The molecule has 2 heterocycles. The van der Waals surface area contributed by atoms with Crippen LogP contribution in [0.25, 0.3) is 10.9 Å². The third-order valence-corrected chi connectivity index (χ3v) is 2.02. The van der Waals surface area contributed by atoms with Gasteiger partial charge in [-0.25, -0.2) is 9.97 Å². The monoisotopic (exact) mass is 224 g/mol. The van der Waals surface area contributed by atoms with Gasteiger partial charge in [0.25, 0.3) is 0 Å². The van der Waals surface area contributed by atoms with Crippen LogP contribution in [0.5, 0.6) is 5.88 Å². The van der Waals surface area contributed by atoms with Gasteiger partial charge in [-0.1, -0.05) is 11.6 Å². The minimum atomic E-state index is 0.162. The van der Waals surface area contributed by atoms with Crippen LogP contribution >= 0.6 is 11.6 Å². The fourth-order valence-corrected chi connectivity index (χ4v) is 1.40.